The van der Waals surface area contributed by atoms with Gasteiger partial charge in [-0.05, 0) is 108 Å². The van der Waals surface area contributed by atoms with E-state index in [1.165, 1.54) is 87.4 Å². The van der Waals surface area contributed by atoms with E-state index in [0.717, 1.165) is 11.4 Å². The van der Waals surface area contributed by atoms with Crippen molar-refractivity contribution in [3.63, 3.8) is 0 Å². The van der Waals surface area contributed by atoms with Crippen LogP contribution in [0.25, 0.3) is 76.1 Å². The number of fused-ring (bicyclic) bond motifs is 2. The fourth-order valence-electron chi connectivity index (χ4n) is 8.29. The lowest BCUT2D eigenvalue weighted by Gasteiger charge is -2.29. The highest BCUT2D eigenvalue weighted by Gasteiger charge is 2.22. The molecular formula is C49H33N. The van der Waals surface area contributed by atoms with E-state index in [-0.39, 0.29) is 0 Å². The highest BCUT2D eigenvalue weighted by molar-refractivity contribution is 6.26. The number of nitrogens with zero attached hydrogens (tertiary/aromatic N) is 1. The smallest absolute Gasteiger partial charge is 0.0618 e. The first-order valence-electron chi connectivity index (χ1n) is 17.4. The van der Waals surface area contributed by atoms with Gasteiger partial charge in [-0.2, -0.15) is 0 Å². The van der Waals surface area contributed by atoms with E-state index in [9.17, 15) is 0 Å². The number of hydrogen-bond donors (Lipinski definition) is 0. The molecule has 1 heteroatoms. The summed E-state index contributed by atoms with van der Waals surface area (Å²) in [7, 11) is 0. The van der Waals surface area contributed by atoms with Gasteiger partial charge in [-0.1, -0.05) is 152 Å². The fraction of sp³-hybridized carbons (Fsp3) is 0.0204. The maximum Gasteiger partial charge on any atom is 0.0618 e. The molecule has 0 aromatic heterocycles. The van der Waals surface area contributed by atoms with Crippen molar-refractivity contribution in [2.45, 2.75) is 6.92 Å². The predicted octanol–water partition coefficient (Wildman–Crippen LogP) is 14.0. The van der Waals surface area contributed by atoms with Gasteiger partial charge in [-0.25, -0.2) is 0 Å². The second kappa shape index (κ2) is 11.3. The van der Waals surface area contributed by atoms with Gasteiger partial charge < -0.3 is 4.90 Å². The molecule has 0 saturated heterocycles. The molecule has 0 heterocycles. The van der Waals surface area contributed by atoms with Gasteiger partial charge in [-0.15, -0.1) is 0 Å². The Morgan fingerprint density at radius 2 is 0.860 bits per heavy atom. The Labute approximate surface area is 291 Å². The molecule has 50 heavy (non-hydrogen) atoms. The van der Waals surface area contributed by atoms with Crippen molar-refractivity contribution in [3.8, 4) is 22.3 Å². The molecule has 0 radical (unpaired) electrons. The zero-order chi connectivity index (χ0) is 33.2. The van der Waals surface area contributed by atoms with Crippen molar-refractivity contribution in [3.05, 3.63) is 188 Å². The lowest BCUT2D eigenvalue weighted by Crippen LogP contribution is -2.11. The molecule has 0 aliphatic heterocycles. The van der Waals surface area contributed by atoms with Crippen LogP contribution in [0, 0.1) is 6.92 Å². The van der Waals surface area contributed by atoms with E-state index in [2.05, 4.69) is 194 Å². The van der Waals surface area contributed by atoms with Crippen molar-refractivity contribution >= 4 is 70.9 Å². The average molecular weight is 636 g/mol. The summed E-state index contributed by atoms with van der Waals surface area (Å²) < 4.78 is 0. The zero-order valence-corrected chi connectivity index (χ0v) is 27.8. The van der Waals surface area contributed by atoms with E-state index >= 15 is 0 Å². The second-order valence-electron chi connectivity index (χ2n) is 13.4. The van der Waals surface area contributed by atoms with Gasteiger partial charge in [0.25, 0.3) is 0 Å². The molecule has 0 saturated carbocycles. The van der Waals surface area contributed by atoms with E-state index in [1.807, 2.05) is 0 Å². The van der Waals surface area contributed by atoms with Gasteiger partial charge in [0.1, 0.15) is 0 Å². The number of anilines is 3. The molecule has 0 fully saturated rings. The summed E-state index contributed by atoms with van der Waals surface area (Å²) in [5, 5.41) is 12.8. The molecule has 10 rings (SSSR count). The molecule has 10 aromatic carbocycles. The van der Waals surface area contributed by atoms with Crippen LogP contribution in [0.5, 0.6) is 0 Å². The molecule has 0 amide bonds. The standard InChI is InChI=1S/C49H33N/c1-32-29-36(40-27-25-35-24-23-33-13-12-14-34-26-28-43(40)48(35)46(33)34)31-37(30-32)47-41-19-8-10-21-44(41)49(45-22-11-9-20-42(45)47)50(38-15-4-2-5-16-38)39-17-6-3-7-18-39/h2-31H,1H3. The average Bonchev–Trinajstić information content (AvgIpc) is 3.17. The summed E-state index contributed by atoms with van der Waals surface area (Å²) in [4.78, 5) is 2.42. The van der Waals surface area contributed by atoms with Gasteiger partial charge >= 0.3 is 0 Å². The van der Waals surface area contributed by atoms with Gasteiger partial charge in [-0.3, -0.25) is 0 Å². The number of aryl methyl sites for hydroxylation is 1. The van der Waals surface area contributed by atoms with Crippen molar-refractivity contribution in [1.82, 2.24) is 0 Å². The summed E-state index contributed by atoms with van der Waals surface area (Å²) in [6.07, 6.45) is 0. The molecule has 0 N–H and O–H groups in total. The number of hydrogen-bond acceptors (Lipinski definition) is 1. The Bertz CT molecular complexity index is 2760. The summed E-state index contributed by atoms with van der Waals surface area (Å²) in [5.41, 5.74) is 9.71. The lowest BCUT2D eigenvalue weighted by molar-refractivity contribution is 1.31. The second-order valence-corrected chi connectivity index (χ2v) is 13.4. The molecule has 1 nitrogen and oxygen atoms in total. The van der Waals surface area contributed by atoms with Crippen molar-refractivity contribution in [2.75, 3.05) is 4.90 Å². The molecule has 0 atom stereocenters. The highest BCUT2D eigenvalue weighted by Crippen LogP contribution is 2.49. The predicted molar refractivity (Wildman–Crippen MR) is 215 cm³/mol. The van der Waals surface area contributed by atoms with Crippen LogP contribution in [0.3, 0.4) is 0 Å². The Kier molecular flexibility index (Phi) is 6.47. The summed E-state index contributed by atoms with van der Waals surface area (Å²) in [6.45, 7) is 2.23. The molecule has 0 spiro atoms. The van der Waals surface area contributed by atoms with Gasteiger partial charge in [0.15, 0.2) is 0 Å². The minimum atomic E-state index is 1.13. The van der Waals surface area contributed by atoms with E-state index in [1.54, 1.807) is 0 Å². The first-order chi connectivity index (χ1) is 24.7. The van der Waals surface area contributed by atoms with E-state index in [4.69, 9.17) is 0 Å². The molecule has 0 bridgehead atoms. The number of rotatable bonds is 5. The molecular weight excluding hydrogens is 603 g/mol. The Morgan fingerprint density at radius 3 is 1.48 bits per heavy atom. The summed E-state index contributed by atoms with van der Waals surface area (Å²) in [6, 6.07) is 66.8. The topological polar surface area (TPSA) is 3.24 Å². The number of benzene rings is 10. The largest absolute Gasteiger partial charge is 0.309 e. The molecule has 0 aliphatic rings. The minimum absolute atomic E-state index is 1.13. The van der Waals surface area contributed by atoms with Gasteiger partial charge in [0.05, 0.1) is 5.69 Å². The van der Waals surface area contributed by atoms with Crippen LogP contribution >= 0.6 is 0 Å². The maximum atomic E-state index is 2.42. The van der Waals surface area contributed by atoms with E-state index in [0.29, 0.717) is 0 Å². The highest BCUT2D eigenvalue weighted by atomic mass is 15.1. The van der Waals surface area contributed by atoms with Crippen LogP contribution in [0.4, 0.5) is 17.1 Å². The Balaban J connectivity index is 1.26. The van der Waals surface area contributed by atoms with Crippen molar-refractivity contribution in [1.29, 1.82) is 0 Å². The van der Waals surface area contributed by atoms with E-state index < -0.39 is 0 Å². The monoisotopic (exact) mass is 635 g/mol. The normalized spacial score (nSPS) is 11.7. The summed E-state index contributed by atoms with van der Waals surface area (Å²) in [5.74, 6) is 0. The van der Waals surface area contributed by atoms with Crippen LogP contribution in [0.1, 0.15) is 5.56 Å². The molecule has 234 valence electrons. The quantitative estimate of drug-likeness (QED) is 0.134. The minimum Gasteiger partial charge on any atom is -0.309 e. The maximum absolute atomic E-state index is 2.42. The SMILES string of the molecule is Cc1cc(-c2c3ccccc3c(N(c3ccccc3)c3ccccc3)c3ccccc23)cc(-c2ccc3ccc4cccc5ccc2c3c45)c1. The first kappa shape index (κ1) is 28.6. The zero-order valence-electron chi connectivity index (χ0n) is 27.8. The fourth-order valence-corrected chi connectivity index (χ4v) is 8.29. The van der Waals surface area contributed by atoms with Crippen LogP contribution in [0.15, 0.2) is 182 Å². The molecule has 10 aromatic rings. The summed E-state index contributed by atoms with van der Waals surface area (Å²) >= 11 is 0. The van der Waals surface area contributed by atoms with Crippen LogP contribution < -0.4 is 4.90 Å². The molecule has 0 unspecified atom stereocenters. The lowest BCUT2D eigenvalue weighted by atomic mass is 9.86. The van der Waals surface area contributed by atoms with Crippen LogP contribution in [-0.2, 0) is 0 Å². The third kappa shape index (κ3) is 4.41. The Hall–Kier alpha value is -6.44. The number of para-hydroxylation sites is 2. The van der Waals surface area contributed by atoms with Crippen molar-refractivity contribution in [2.24, 2.45) is 0 Å². The van der Waals surface area contributed by atoms with Crippen molar-refractivity contribution < 1.29 is 0 Å². The Morgan fingerprint density at radius 1 is 0.360 bits per heavy atom. The third-order valence-corrected chi connectivity index (χ3v) is 10.4. The first-order valence-corrected chi connectivity index (χ1v) is 17.4. The third-order valence-electron chi connectivity index (χ3n) is 10.4. The van der Waals surface area contributed by atoms with Crippen LogP contribution in [-0.4, -0.2) is 0 Å². The molecule has 0 aliphatic carbocycles. The van der Waals surface area contributed by atoms with Crippen LogP contribution in [0.2, 0.25) is 0 Å². The van der Waals surface area contributed by atoms with Gasteiger partial charge in [0.2, 0.25) is 0 Å². The van der Waals surface area contributed by atoms with Gasteiger partial charge in [0, 0.05) is 22.1 Å².